The van der Waals surface area contributed by atoms with Gasteiger partial charge in [0.05, 0.1) is 12.3 Å². The number of benzene rings is 1. The van der Waals surface area contributed by atoms with Crippen LogP contribution in [-0.4, -0.2) is 28.5 Å². The van der Waals surface area contributed by atoms with Gasteiger partial charge in [-0.2, -0.15) is 0 Å². The molecule has 4 rings (SSSR count). The van der Waals surface area contributed by atoms with Crippen LogP contribution in [0.1, 0.15) is 33.4 Å². The molecule has 0 spiro atoms. The molecule has 0 bridgehead atoms. The zero-order valence-corrected chi connectivity index (χ0v) is 14.9. The van der Waals surface area contributed by atoms with E-state index in [0.29, 0.717) is 12.3 Å². The number of aryl methyl sites for hydroxylation is 1. The van der Waals surface area contributed by atoms with Crippen LogP contribution in [0.2, 0.25) is 0 Å². The second-order valence-corrected chi connectivity index (χ2v) is 6.74. The van der Waals surface area contributed by atoms with Gasteiger partial charge >= 0.3 is 0 Å². The number of carbonyl (C=O) groups is 1. The highest BCUT2D eigenvalue weighted by Gasteiger charge is 2.27. The van der Waals surface area contributed by atoms with E-state index in [4.69, 9.17) is 4.42 Å². The SMILES string of the molecule is Cn1cccc1C(CNC(=O)c1ccco1)N1CCc2ccccc2C1. The second kappa shape index (κ2) is 7.22. The Hall–Kier alpha value is -2.79. The number of hydrogen-bond donors (Lipinski definition) is 1. The van der Waals surface area contributed by atoms with Crippen molar-refractivity contribution in [3.8, 4) is 0 Å². The highest BCUT2D eigenvalue weighted by Crippen LogP contribution is 2.27. The van der Waals surface area contributed by atoms with Gasteiger partial charge in [-0.15, -0.1) is 0 Å². The Kier molecular flexibility index (Phi) is 4.63. The van der Waals surface area contributed by atoms with Gasteiger partial charge in [0.1, 0.15) is 0 Å². The summed E-state index contributed by atoms with van der Waals surface area (Å²) in [5, 5.41) is 3.03. The molecule has 1 aromatic carbocycles. The van der Waals surface area contributed by atoms with Gasteiger partial charge in [-0.1, -0.05) is 24.3 Å². The molecule has 0 saturated heterocycles. The maximum Gasteiger partial charge on any atom is 0.287 e. The first-order valence-electron chi connectivity index (χ1n) is 8.96. The largest absolute Gasteiger partial charge is 0.459 e. The molecule has 1 amide bonds. The summed E-state index contributed by atoms with van der Waals surface area (Å²) in [6.07, 6.45) is 4.60. The van der Waals surface area contributed by atoms with Crippen LogP contribution in [-0.2, 0) is 20.0 Å². The summed E-state index contributed by atoms with van der Waals surface area (Å²) in [7, 11) is 2.05. The first kappa shape index (κ1) is 16.7. The lowest BCUT2D eigenvalue weighted by molar-refractivity contribution is 0.0898. The Balaban J connectivity index is 1.54. The van der Waals surface area contributed by atoms with Crippen LogP contribution in [0.4, 0.5) is 0 Å². The lowest BCUT2D eigenvalue weighted by Gasteiger charge is -2.36. The molecule has 1 atom stereocenters. The number of nitrogens with one attached hydrogen (secondary N) is 1. The molecule has 1 unspecified atom stereocenters. The predicted octanol–water partition coefficient (Wildman–Crippen LogP) is 3.15. The normalized spacial score (nSPS) is 15.4. The van der Waals surface area contributed by atoms with Crippen molar-refractivity contribution in [3.63, 3.8) is 0 Å². The number of amides is 1. The summed E-state index contributed by atoms with van der Waals surface area (Å²) < 4.78 is 7.33. The van der Waals surface area contributed by atoms with Crippen molar-refractivity contribution in [1.82, 2.24) is 14.8 Å². The number of nitrogens with zero attached hydrogens (tertiary/aromatic N) is 2. The number of furan rings is 1. The lowest BCUT2D eigenvalue weighted by Crippen LogP contribution is -2.41. The molecule has 3 heterocycles. The van der Waals surface area contributed by atoms with Crippen LogP contribution in [0.3, 0.4) is 0 Å². The lowest BCUT2D eigenvalue weighted by atomic mass is 9.98. The Morgan fingerprint density at radius 2 is 2.00 bits per heavy atom. The fraction of sp³-hybridized carbons (Fsp3) is 0.286. The maximum absolute atomic E-state index is 12.3. The van der Waals surface area contributed by atoms with Crippen LogP contribution in [0, 0.1) is 0 Å². The van der Waals surface area contributed by atoms with Gasteiger partial charge in [0, 0.05) is 38.6 Å². The van der Waals surface area contributed by atoms with Crippen molar-refractivity contribution in [1.29, 1.82) is 0 Å². The molecular weight excluding hydrogens is 326 g/mol. The van der Waals surface area contributed by atoms with Crippen LogP contribution >= 0.6 is 0 Å². The minimum atomic E-state index is -0.174. The van der Waals surface area contributed by atoms with E-state index in [9.17, 15) is 4.79 Å². The van der Waals surface area contributed by atoms with Crippen LogP contribution in [0.5, 0.6) is 0 Å². The maximum atomic E-state index is 12.3. The highest BCUT2D eigenvalue weighted by atomic mass is 16.3. The van der Waals surface area contributed by atoms with E-state index in [1.165, 1.54) is 23.1 Å². The van der Waals surface area contributed by atoms with E-state index in [1.54, 1.807) is 12.1 Å². The molecule has 0 saturated carbocycles. The smallest absolute Gasteiger partial charge is 0.287 e. The zero-order chi connectivity index (χ0) is 17.9. The molecule has 3 aromatic rings. The first-order valence-corrected chi connectivity index (χ1v) is 8.96. The van der Waals surface area contributed by atoms with Gasteiger partial charge in [0.25, 0.3) is 5.91 Å². The van der Waals surface area contributed by atoms with Gasteiger partial charge in [-0.25, -0.2) is 0 Å². The van der Waals surface area contributed by atoms with Gasteiger partial charge < -0.3 is 14.3 Å². The van der Waals surface area contributed by atoms with Crippen molar-refractivity contribution in [2.45, 2.75) is 19.0 Å². The van der Waals surface area contributed by atoms with Crippen LogP contribution in [0.25, 0.3) is 0 Å². The summed E-state index contributed by atoms with van der Waals surface area (Å²) in [6, 6.07) is 16.3. The molecule has 134 valence electrons. The molecule has 1 N–H and O–H groups in total. The molecule has 0 aliphatic carbocycles. The number of fused-ring (bicyclic) bond motifs is 1. The van der Waals surface area contributed by atoms with Crippen molar-refractivity contribution < 1.29 is 9.21 Å². The highest BCUT2D eigenvalue weighted by molar-refractivity contribution is 5.91. The number of rotatable bonds is 5. The van der Waals surface area contributed by atoms with E-state index < -0.39 is 0 Å². The number of carbonyl (C=O) groups excluding carboxylic acids is 1. The van der Waals surface area contributed by atoms with E-state index in [2.05, 4.69) is 64.4 Å². The molecule has 0 fully saturated rings. The topological polar surface area (TPSA) is 50.4 Å². The second-order valence-electron chi connectivity index (χ2n) is 6.74. The Morgan fingerprint density at radius 3 is 2.73 bits per heavy atom. The van der Waals surface area contributed by atoms with E-state index in [-0.39, 0.29) is 11.9 Å². The zero-order valence-electron chi connectivity index (χ0n) is 14.9. The van der Waals surface area contributed by atoms with E-state index in [0.717, 1.165) is 19.5 Å². The van der Waals surface area contributed by atoms with E-state index in [1.807, 2.05) is 0 Å². The monoisotopic (exact) mass is 349 g/mol. The quantitative estimate of drug-likeness (QED) is 0.770. The third kappa shape index (κ3) is 3.30. The van der Waals surface area contributed by atoms with Crippen molar-refractivity contribution in [2.24, 2.45) is 7.05 Å². The third-order valence-electron chi connectivity index (χ3n) is 5.13. The van der Waals surface area contributed by atoms with Crippen molar-refractivity contribution in [2.75, 3.05) is 13.1 Å². The Labute approximate surface area is 153 Å². The Morgan fingerprint density at radius 1 is 1.15 bits per heavy atom. The first-order chi connectivity index (χ1) is 12.7. The summed E-state index contributed by atoms with van der Waals surface area (Å²) >= 11 is 0. The molecule has 1 aliphatic rings. The van der Waals surface area contributed by atoms with Crippen molar-refractivity contribution in [3.05, 3.63) is 83.6 Å². The summed E-state index contributed by atoms with van der Waals surface area (Å²) in [5.74, 6) is 0.172. The minimum absolute atomic E-state index is 0.113. The summed E-state index contributed by atoms with van der Waals surface area (Å²) in [6.45, 7) is 2.41. The van der Waals surface area contributed by atoms with Gasteiger partial charge in [0.15, 0.2) is 5.76 Å². The molecule has 2 aromatic heterocycles. The Bertz CT molecular complexity index is 882. The fourth-order valence-corrected chi connectivity index (χ4v) is 3.71. The van der Waals surface area contributed by atoms with Gasteiger partial charge in [0.2, 0.25) is 0 Å². The number of aromatic nitrogens is 1. The van der Waals surface area contributed by atoms with Crippen molar-refractivity contribution >= 4 is 5.91 Å². The summed E-state index contributed by atoms with van der Waals surface area (Å²) in [5.41, 5.74) is 3.99. The van der Waals surface area contributed by atoms with Crippen LogP contribution < -0.4 is 5.32 Å². The fourth-order valence-electron chi connectivity index (χ4n) is 3.71. The predicted molar refractivity (Wildman–Crippen MR) is 99.8 cm³/mol. The van der Waals surface area contributed by atoms with Gasteiger partial charge in [-0.3, -0.25) is 9.69 Å². The standard InChI is InChI=1S/C21H23N3O2/c1-23-11-4-8-18(23)19(14-22-21(25)20-9-5-13-26-20)24-12-10-16-6-2-3-7-17(16)15-24/h2-9,11,13,19H,10,12,14-15H2,1H3,(H,22,25). The van der Waals surface area contributed by atoms with Crippen LogP contribution in [0.15, 0.2) is 65.4 Å². The third-order valence-corrected chi connectivity index (χ3v) is 5.13. The summed E-state index contributed by atoms with van der Waals surface area (Å²) in [4.78, 5) is 14.8. The number of hydrogen-bond acceptors (Lipinski definition) is 3. The minimum Gasteiger partial charge on any atom is -0.459 e. The molecule has 5 heteroatoms. The molecule has 1 aliphatic heterocycles. The molecule has 5 nitrogen and oxygen atoms in total. The van der Waals surface area contributed by atoms with E-state index >= 15 is 0 Å². The average molecular weight is 349 g/mol. The molecule has 26 heavy (non-hydrogen) atoms. The molecular formula is C21H23N3O2. The average Bonchev–Trinajstić information content (AvgIpc) is 3.34. The van der Waals surface area contributed by atoms with Gasteiger partial charge in [-0.05, 0) is 41.8 Å². The molecule has 0 radical (unpaired) electrons.